The molecule has 26 heavy (non-hydrogen) atoms. The van der Waals surface area contributed by atoms with E-state index in [2.05, 4.69) is 19.1 Å². The van der Waals surface area contributed by atoms with Crippen LogP contribution < -0.4 is 0 Å². The summed E-state index contributed by atoms with van der Waals surface area (Å²) in [5, 5.41) is 0. The van der Waals surface area contributed by atoms with Gasteiger partial charge in [0, 0.05) is 22.8 Å². The number of unbranched alkanes of at least 4 members (excludes halogenated alkanes) is 1. The zero-order chi connectivity index (χ0) is 19.4. The smallest absolute Gasteiger partial charge is 0.334 e. The van der Waals surface area contributed by atoms with Crippen LogP contribution in [0.4, 0.5) is 0 Å². The average molecular weight is 402 g/mol. The Labute approximate surface area is 162 Å². The molecule has 0 spiro atoms. The fourth-order valence-corrected chi connectivity index (χ4v) is 5.38. The van der Waals surface area contributed by atoms with E-state index >= 15 is 0 Å². The van der Waals surface area contributed by atoms with Crippen LogP contribution in [0.5, 0.6) is 0 Å². The van der Waals surface area contributed by atoms with Gasteiger partial charge in [-0.15, -0.1) is 11.3 Å². The summed E-state index contributed by atoms with van der Waals surface area (Å²) in [5.41, 5.74) is -0.297. The number of thiophene rings is 1. The van der Waals surface area contributed by atoms with E-state index in [0.29, 0.717) is 19.0 Å². The van der Waals surface area contributed by atoms with Gasteiger partial charge in [0.15, 0.2) is 0 Å². The molecule has 0 atom stereocenters. The molecule has 2 rings (SSSR count). The highest BCUT2D eigenvalue weighted by Crippen LogP contribution is 2.34. The second kappa shape index (κ2) is 8.85. The van der Waals surface area contributed by atoms with Crippen molar-refractivity contribution in [3.8, 4) is 0 Å². The summed E-state index contributed by atoms with van der Waals surface area (Å²) in [7, 11) is -3.98. The zero-order valence-electron chi connectivity index (χ0n) is 16.3. The lowest BCUT2D eigenvalue weighted by Crippen LogP contribution is -2.40. The van der Waals surface area contributed by atoms with Crippen LogP contribution in [-0.4, -0.2) is 31.8 Å². The minimum atomic E-state index is -3.98. The Morgan fingerprint density at radius 2 is 1.92 bits per heavy atom. The molecule has 148 valence electrons. The highest BCUT2D eigenvalue weighted by molar-refractivity contribution is 7.84. The van der Waals surface area contributed by atoms with Crippen molar-refractivity contribution in [1.82, 2.24) is 4.31 Å². The number of rotatable bonds is 7. The molecule has 2 heterocycles. The number of hydrogen-bond donors (Lipinski definition) is 0. The topological polar surface area (TPSA) is 63.7 Å². The molecule has 0 aromatic carbocycles. The fourth-order valence-electron chi connectivity index (χ4n) is 3.10. The molecule has 0 radical (unpaired) electrons. The lowest BCUT2D eigenvalue weighted by molar-refractivity contribution is -0.136. The largest absolute Gasteiger partial charge is 0.387 e. The molecule has 1 fully saturated rings. The molecule has 7 heteroatoms. The predicted octanol–water partition coefficient (Wildman–Crippen LogP) is 4.49. The van der Waals surface area contributed by atoms with Crippen LogP contribution in [0.1, 0.15) is 75.5 Å². The molecule has 1 aromatic rings. The summed E-state index contributed by atoms with van der Waals surface area (Å²) >= 11 is 1.85. The van der Waals surface area contributed by atoms with Crippen LogP contribution in [0.2, 0.25) is 0 Å². The first-order chi connectivity index (χ1) is 12.1. The van der Waals surface area contributed by atoms with Crippen molar-refractivity contribution in [2.45, 2.75) is 72.1 Å². The number of aryl methyl sites for hydroxylation is 1. The quantitative estimate of drug-likeness (QED) is 0.675. The van der Waals surface area contributed by atoms with Gasteiger partial charge in [-0.2, -0.15) is 12.7 Å². The summed E-state index contributed by atoms with van der Waals surface area (Å²) in [5.74, 6) is -0.287. The van der Waals surface area contributed by atoms with Gasteiger partial charge in [-0.3, -0.25) is 4.79 Å². The number of hydrogen-bond acceptors (Lipinski definition) is 5. The molecule has 1 aliphatic rings. The predicted molar refractivity (Wildman–Crippen MR) is 106 cm³/mol. The monoisotopic (exact) mass is 401 g/mol. The molecule has 5 nitrogen and oxygen atoms in total. The van der Waals surface area contributed by atoms with Crippen LogP contribution in [0, 0.1) is 5.41 Å². The molecule has 0 aliphatic carbocycles. The van der Waals surface area contributed by atoms with Crippen molar-refractivity contribution in [2.24, 2.45) is 5.41 Å². The summed E-state index contributed by atoms with van der Waals surface area (Å²) in [6.07, 6.45) is 5.14. The Hall–Kier alpha value is -0.920. The van der Waals surface area contributed by atoms with E-state index in [-0.39, 0.29) is 11.8 Å². The maximum Gasteiger partial charge on any atom is 0.387 e. The Balaban J connectivity index is 1.88. The van der Waals surface area contributed by atoms with Crippen molar-refractivity contribution in [3.05, 3.63) is 21.9 Å². The number of piperidine rings is 1. The van der Waals surface area contributed by atoms with Gasteiger partial charge < -0.3 is 4.18 Å². The van der Waals surface area contributed by atoms with E-state index in [0.717, 1.165) is 19.3 Å². The molecule has 1 aromatic heterocycles. The van der Waals surface area contributed by atoms with E-state index in [1.54, 1.807) is 0 Å². The van der Waals surface area contributed by atoms with Crippen molar-refractivity contribution < 1.29 is 17.4 Å². The minimum Gasteiger partial charge on any atom is -0.334 e. The molecule has 1 saturated heterocycles. The van der Waals surface area contributed by atoms with E-state index in [4.69, 9.17) is 4.18 Å². The molecular weight excluding hydrogens is 370 g/mol. The maximum absolute atomic E-state index is 12.3. The lowest BCUT2D eigenvalue weighted by atomic mass is 9.93. The second-order valence-electron chi connectivity index (χ2n) is 8.23. The van der Waals surface area contributed by atoms with E-state index in [9.17, 15) is 13.2 Å². The van der Waals surface area contributed by atoms with Crippen molar-refractivity contribution in [2.75, 3.05) is 13.1 Å². The molecule has 0 unspecified atom stereocenters. The van der Waals surface area contributed by atoms with Gasteiger partial charge in [-0.1, -0.05) is 34.1 Å². The third kappa shape index (κ3) is 6.35. The minimum absolute atomic E-state index is 0.0818. The van der Waals surface area contributed by atoms with Crippen molar-refractivity contribution in [1.29, 1.82) is 0 Å². The summed E-state index contributed by atoms with van der Waals surface area (Å²) < 4.78 is 30.8. The third-order valence-corrected chi connectivity index (χ3v) is 7.21. The van der Waals surface area contributed by atoms with Crippen molar-refractivity contribution in [3.63, 3.8) is 0 Å². The Kier molecular flexibility index (Phi) is 7.27. The normalized spacial score (nSPS) is 17.4. The molecule has 1 aliphatic heterocycles. The molecule has 0 N–H and O–H groups in total. The molecule has 0 bridgehead atoms. The van der Waals surface area contributed by atoms with Gasteiger partial charge in [0.2, 0.25) is 0 Å². The van der Waals surface area contributed by atoms with Crippen LogP contribution in [0.3, 0.4) is 0 Å². The maximum atomic E-state index is 12.3. The van der Waals surface area contributed by atoms with Gasteiger partial charge in [0.1, 0.15) is 0 Å². The van der Waals surface area contributed by atoms with Gasteiger partial charge in [-0.25, -0.2) is 0 Å². The van der Waals surface area contributed by atoms with Crippen LogP contribution in [0.15, 0.2) is 12.1 Å². The van der Waals surface area contributed by atoms with Gasteiger partial charge in [-0.05, 0) is 49.1 Å². The molecule has 0 saturated carbocycles. The zero-order valence-corrected chi connectivity index (χ0v) is 17.9. The average Bonchev–Trinajstić information content (AvgIpc) is 2.99. The first-order valence-corrected chi connectivity index (χ1v) is 11.6. The Bertz CT molecular complexity index is 695. The fraction of sp³-hybridized carbons (Fsp3) is 0.737. The van der Waals surface area contributed by atoms with Crippen molar-refractivity contribution >= 4 is 27.6 Å². The van der Waals surface area contributed by atoms with E-state index in [1.165, 1.54) is 26.9 Å². The lowest BCUT2D eigenvalue weighted by Gasteiger charge is -2.30. The molecular formula is C19H31NO4S2. The standard InChI is InChI=1S/C19H31NO4S2/c1-5-6-7-16-8-9-17(25-16)15-10-12-20(13-11-15)26(22,23)24-18(21)14-19(2,3)4/h8-9,15H,5-7,10-14H2,1-4H3. The Morgan fingerprint density at radius 3 is 2.50 bits per heavy atom. The van der Waals surface area contributed by atoms with Crippen LogP contribution in [0.25, 0.3) is 0 Å². The first kappa shape index (κ1) is 21.4. The highest BCUT2D eigenvalue weighted by atomic mass is 32.2. The summed E-state index contributed by atoms with van der Waals surface area (Å²) in [6, 6.07) is 4.39. The molecule has 0 amide bonds. The Morgan fingerprint density at radius 1 is 1.27 bits per heavy atom. The number of nitrogens with zero attached hydrogens (tertiary/aromatic N) is 1. The van der Waals surface area contributed by atoms with E-state index < -0.39 is 16.3 Å². The first-order valence-electron chi connectivity index (χ1n) is 9.42. The van der Waals surface area contributed by atoms with E-state index in [1.807, 2.05) is 32.1 Å². The number of carbonyl (C=O) groups is 1. The summed E-state index contributed by atoms with van der Waals surface area (Å²) in [4.78, 5) is 14.6. The van der Waals surface area contributed by atoms with Gasteiger partial charge in [0.05, 0.1) is 6.42 Å². The van der Waals surface area contributed by atoms with Crippen LogP contribution in [-0.2, 0) is 25.7 Å². The summed E-state index contributed by atoms with van der Waals surface area (Å²) in [6.45, 7) is 8.63. The number of carbonyl (C=O) groups excluding carboxylic acids is 1. The highest BCUT2D eigenvalue weighted by Gasteiger charge is 2.32. The SMILES string of the molecule is CCCCc1ccc(C2CCN(S(=O)(=O)OC(=O)CC(C)(C)C)CC2)s1. The van der Waals surface area contributed by atoms with Gasteiger partial charge in [0.25, 0.3) is 0 Å². The third-order valence-electron chi connectivity index (χ3n) is 4.50. The van der Waals surface area contributed by atoms with Crippen LogP contribution >= 0.6 is 11.3 Å². The van der Waals surface area contributed by atoms with Gasteiger partial charge >= 0.3 is 16.3 Å². The second-order valence-corrected chi connectivity index (χ2v) is 11.0.